The van der Waals surface area contributed by atoms with Crippen molar-refractivity contribution in [1.82, 2.24) is 14.9 Å². The molecule has 11 heteroatoms. The van der Waals surface area contributed by atoms with Crippen molar-refractivity contribution in [2.24, 2.45) is 0 Å². The van der Waals surface area contributed by atoms with E-state index in [0.29, 0.717) is 21.5 Å². The Morgan fingerprint density at radius 1 is 1.23 bits per heavy atom. The molecule has 4 rings (SSSR count). The zero-order valence-electron chi connectivity index (χ0n) is 15.6. The summed E-state index contributed by atoms with van der Waals surface area (Å²) < 4.78 is 44.2. The molecule has 2 amide bonds. The van der Waals surface area contributed by atoms with Crippen molar-refractivity contribution in [3.8, 4) is 0 Å². The van der Waals surface area contributed by atoms with Crippen molar-refractivity contribution in [2.75, 3.05) is 0 Å². The van der Waals surface area contributed by atoms with Crippen molar-refractivity contribution < 1.29 is 27.2 Å². The second-order valence-electron chi connectivity index (χ2n) is 6.68. The fourth-order valence-electron chi connectivity index (χ4n) is 2.83. The first-order valence-corrected chi connectivity index (χ1v) is 10.4. The molecule has 1 aliphatic heterocycles. The minimum absolute atomic E-state index is 0.239. The Balaban J connectivity index is 1.53. The third-order valence-corrected chi connectivity index (χ3v) is 5.89. The highest BCUT2D eigenvalue weighted by atomic mass is 32.2. The number of benzene rings is 1. The number of carbonyl (C=O) groups is 2. The molecule has 1 aromatic carbocycles. The largest absolute Gasteiger partial charge is 0.450 e. The van der Waals surface area contributed by atoms with E-state index in [4.69, 9.17) is 4.42 Å². The van der Waals surface area contributed by atoms with E-state index in [1.165, 1.54) is 17.0 Å². The summed E-state index contributed by atoms with van der Waals surface area (Å²) in [5.41, 5.74) is -0.0908. The number of hydrogen-bond acceptors (Lipinski definition) is 6. The Hall–Kier alpha value is -2.66. The van der Waals surface area contributed by atoms with Crippen LogP contribution >= 0.6 is 23.5 Å². The first-order chi connectivity index (χ1) is 14.1. The van der Waals surface area contributed by atoms with Crippen LogP contribution in [0.2, 0.25) is 0 Å². The summed E-state index contributed by atoms with van der Waals surface area (Å²) in [6, 6.07) is 6.33. The standard InChI is InChI=1S/C19H14F3N3O3S2/c1-9(2)25-16(26)14(29-18(25)27)8-11-4-6-15(28-11)30-17-23-12-5-3-10(19(20,21)22)7-13(12)24-17/h3-9H,1-2H3,(H,23,24)/b14-8-. The molecule has 0 bridgehead atoms. The van der Waals surface area contributed by atoms with E-state index in [0.717, 1.165) is 35.7 Å². The summed E-state index contributed by atoms with van der Waals surface area (Å²) in [6.07, 6.45) is -2.94. The van der Waals surface area contributed by atoms with E-state index < -0.39 is 11.7 Å². The molecule has 0 spiro atoms. The first kappa shape index (κ1) is 20.6. The number of rotatable bonds is 4. The van der Waals surface area contributed by atoms with Gasteiger partial charge in [-0.05, 0) is 67.7 Å². The van der Waals surface area contributed by atoms with Gasteiger partial charge >= 0.3 is 6.18 Å². The molecule has 0 saturated carbocycles. The first-order valence-electron chi connectivity index (χ1n) is 8.73. The molecule has 2 aromatic heterocycles. The predicted molar refractivity (Wildman–Crippen MR) is 107 cm³/mol. The highest BCUT2D eigenvalue weighted by molar-refractivity contribution is 8.18. The SMILES string of the molecule is CC(C)N1C(=O)S/C(=C\c2ccc(Sc3nc4ccc(C(F)(F)F)cc4[nH]3)o2)C1=O. The summed E-state index contributed by atoms with van der Waals surface area (Å²) in [4.78, 5) is 32.8. The predicted octanol–water partition coefficient (Wildman–Crippen LogP) is 5.77. The molecule has 0 unspecified atom stereocenters. The molecule has 6 nitrogen and oxygen atoms in total. The third kappa shape index (κ3) is 3.99. The zero-order chi connectivity index (χ0) is 21.6. The van der Waals surface area contributed by atoms with Gasteiger partial charge in [0, 0.05) is 12.1 Å². The molecule has 30 heavy (non-hydrogen) atoms. The maximum Gasteiger partial charge on any atom is 0.416 e. The number of fused-ring (bicyclic) bond motifs is 1. The normalized spacial score (nSPS) is 16.6. The second kappa shape index (κ2) is 7.55. The van der Waals surface area contributed by atoms with Crippen LogP contribution in [0.4, 0.5) is 18.0 Å². The molecular weight excluding hydrogens is 439 g/mol. The molecule has 1 saturated heterocycles. The van der Waals surface area contributed by atoms with Crippen LogP contribution < -0.4 is 0 Å². The highest BCUT2D eigenvalue weighted by Gasteiger charge is 2.37. The number of amides is 2. The van der Waals surface area contributed by atoms with Crippen LogP contribution in [0.1, 0.15) is 25.2 Å². The maximum atomic E-state index is 12.8. The number of nitrogens with one attached hydrogen (secondary N) is 1. The third-order valence-electron chi connectivity index (χ3n) is 4.20. The molecule has 3 aromatic rings. The summed E-state index contributed by atoms with van der Waals surface area (Å²) in [5.74, 6) is 0.00517. The lowest BCUT2D eigenvalue weighted by Gasteiger charge is -2.16. The lowest BCUT2D eigenvalue weighted by molar-refractivity contribution is -0.137. The van der Waals surface area contributed by atoms with E-state index in [1.54, 1.807) is 26.0 Å². The number of imidazole rings is 1. The number of imide groups is 1. The fourth-order valence-corrected chi connectivity index (χ4v) is 4.54. The smallest absolute Gasteiger partial charge is 0.416 e. The lowest BCUT2D eigenvalue weighted by Crippen LogP contribution is -2.34. The fraction of sp³-hybridized carbons (Fsp3) is 0.211. The Bertz CT molecular complexity index is 1180. The van der Waals surface area contributed by atoms with Crippen LogP contribution in [0.3, 0.4) is 0 Å². The monoisotopic (exact) mass is 453 g/mol. The van der Waals surface area contributed by atoms with Gasteiger partial charge in [-0.2, -0.15) is 13.2 Å². The van der Waals surface area contributed by atoms with Crippen molar-refractivity contribution in [3.05, 3.63) is 46.6 Å². The number of nitrogens with zero attached hydrogens (tertiary/aromatic N) is 2. The molecular formula is C19H14F3N3O3S2. The number of thioether (sulfide) groups is 1. The molecule has 1 N–H and O–H groups in total. The summed E-state index contributed by atoms with van der Waals surface area (Å²) in [7, 11) is 0. The van der Waals surface area contributed by atoms with Gasteiger partial charge in [0.15, 0.2) is 10.2 Å². The van der Waals surface area contributed by atoms with Crippen LogP contribution in [0, 0.1) is 0 Å². The molecule has 1 fully saturated rings. The van der Waals surface area contributed by atoms with Crippen molar-refractivity contribution in [3.63, 3.8) is 0 Å². The van der Waals surface area contributed by atoms with Crippen LogP contribution in [0.25, 0.3) is 17.1 Å². The number of H-pyrrole nitrogens is 1. The van der Waals surface area contributed by atoms with Gasteiger partial charge in [-0.3, -0.25) is 14.5 Å². The Kier molecular flexibility index (Phi) is 5.18. The molecule has 0 atom stereocenters. The van der Waals surface area contributed by atoms with E-state index in [9.17, 15) is 22.8 Å². The van der Waals surface area contributed by atoms with E-state index in [1.807, 2.05) is 0 Å². The topological polar surface area (TPSA) is 79.2 Å². The summed E-state index contributed by atoms with van der Waals surface area (Å²) >= 11 is 1.95. The van der Waals surface area contributed by atoms with Crippen molar-refractivity contribution in [1.29, 1.82) is 0 Å². The average Bonchev–Trinajstić information content (AvgIpc) is 3.32. The van der Waals surface area contributed by atoms with Crippen LogP contribution in [0.15, 0.2) is 49.9 Å². The molecule has 3 heterocycles. The zero-order valence-corrected chi connectivity index (χ0v) is 17.2. The quantitative estimate of drug-likeness (QED) is 0.505. The minimum Gasteiger partial charge on any atom is -0.450 e. The van der Waals surface area contributed by atoms with E-state index >= 15 is 0 Å². The average molecular weight is 453 g/mol. The van der Waals surface area contributed by atoms with Gasteiger partial charge in [-0.25, -0.2) is 4.98 Å². The van der Waals surface area contributed by atoms with E-state index in [-0.39, 0.29) is 27.6 Å². The Morgan fingerprint density at radius 2 is 2.00 bits per heavy atom. The molecule has 1 aliphatic rings. The van der Waals surface area contributed by atoms with Gasteiger partial charge in [0.05, 0.1) is 21.5 Å². The van der Waals surface area contributed by atoms with Gasteiger partial charge in [-0.15, -0.1) is 0 Å². The van der Waals surface area contributed by atoms with Gasteiger partial charge in [0.1, 0.15) is 5.76 Å². The number of hydrogen-bond donors (Lipinski definition) is 1. The van der Waals surface area contributed by atoms with Gasteiger partial charge in [0.25, 0.3) is 11.1 Å². The van der Waals surface area contributed by atoms with Crippen LogP contribution in [0.5, 0.6) is 0 Å². The van der Waals surface area contributed by atoms with Gasteiger partial charge in [-0.1, -0.05) is 0 Å². The molecule has 156 valence electrons. The van der Waals surface area contributed by atoms with Crippen LogP contribution in [-0.2, 0) is 11.0 Å². The van der Waals surface area contributed by atoms with E-state index in [2.05, 4.69) is 9.97 Å². The van der Waals surface area contributed by atoms with Crippen molar-refractivity contribution in [2.45, 2.75) is 36.3 Å². The molecule has 0 radical (unpaired) electrons. The second-order valence-corrected chi connectivity index (χ2v) is 8.66. The Labute approximate surface area is 176 Å². The minimum atomic E-state index is -4.43. The van der Waals surface area contributed by atoms with Gasteiger partial charge < -0.3 is 9.40 Å². The van der Waals surface area contributed by atoms with Crippen molar-refractivity contribution >= 4 is 51.8 Å². The van der Waals surface area contributed by atoms with Gasteiger partial charge in [0.2, 0.25) is 0 Å². The number of carbonyl (C=O) groups excluding carboxylic acids is 2. The number of aromatic nitrogens is 2. The number of alkyl halides is 3. The number of furan rings is 1. The lowest BCUT2D eigenvalue weighted by atomic mass is 10.2. The highest BCUT2D eigenvalue weighted by Crippen LogP contribution is 2.36. The number of aromatic amines is 1. The summed E-state index contributed by atoms with van der Waals surface area (Å²) in [5, 5.41) is 0.465. The molecule has 0 aliphatic carbocycles. The maximum absolute atomic E-state index is 12.8. The van der Waals surface area contributed by atoms with Crippen LogP contribution in [-0.4, -0.2) is 32.1 Å². The Morgan fingerprint density at radius 3 is 2.67 bits per heavy atom. The summed E-state index contributed by atoms with van der Waals surface area (Å²) in [6.45, 7) is 3.51. The number of halogens is 3.